The van der Waals surface area contributed by atoms with Crippen LogP contribution in [0.5, 0.6) is 0 Å². The largest absolute Gasteiger partial charge is 0.355 e. The number of anilines is 1. The smallest absolute Gasteiger partial charge is 0.258 e. The Hall–Kier alpha value is -3.58. The van der Waals surface area contributed by atoms with Crippen LogP contribution in [0, 0.1) is 11.6 Å². The van der Waals surface area contributed by atoms with E-state index in [1.807, 2.05) is 19.0 Å². The fourth-order valence-electron chi connectivity index (χ4n) is 3.34. The molecule has 0 atom stereocenters. The molecule has 0 saturated heterocycles. The van der Waals surface area contributed by atoms with E-state index < -0.39 is 17.5 Å². The molecular formula is C26H27F2N3O2. The Morgan fingerprint density at radius 2 is 1.52 bits per heavy atom. The quantitative estimate of drug-likeness (QED) is 0.535. The van der Waals surface area contributed by atoms with Crippen LogP contribution in [-0.4, -0.2) is 43.9 Å². The van der Waals surface area contributed by atoms with Gasteiger partial charge in [-0.05, 0) is 67.7 Å². The summed E-state index contributed by atoms with van der Waals surface area (Å²) < 4.78 is 27.4. The second-order valence-electron chi connectivity index (χ2n) is 8.03. The molecule has 0 aliphatic carbocycles. The summed E-state index contributed by atoms with van der Waals surface area (Å²) in [7, 11) is 3.87. The van der Waals surface area contributed by atoms with E-state index in [1.54, 1.807) is 36.4 Å². The van der Waals surface area contributed by atoms with Crippen molar-refractivity contribution in [2.75, 3.05) is 32.1 Å². The number of carbonyl (C=O) groups excluding carboxylic acids is 2. The molecule has 0 fully saturated rings. The summed E-state index contributed by atoms with van der Waals surface area (Å²) in [6.45, 7) is 1.42. The molecule has 1 N–H and O–H groups in total. The fraction of sp³-hybridized carbons (Fsp3) is 0.231. The third kappa shape index (κ3) is 7.22. The Morgan fingerprint density at radius 3 is 2.15 bits per heavy atom. The van der Waals surface area contributed by atoms with Gasteiger partial charge in [0.1, 0.15) is 11.6 Å². The number of hydrogen-bond acceptors (Lipinski definition) is 3. The first-order valence-corrected chi connectivity index (χ1v) is 10.6. The lowest BCUT2D eigenvalue weighted by Crippen LogP contribution is -2.32. The zero-order valence-electron chi connectivity index (χ0n) is 18.7. The molecule has 3 rings (SSSR count). The molecule has 3 aromatic carbocycles. The average molecular weight is 452 g/mol. The predicted molar refractivity (Wildman–Crippen MR) is 125 cm³/mol. The first kappa shape index (κ1) is 24.1. The molecule has 7 heteroatoms. The van der Waals surface area contributed by atoms with Crippen LogP contribution in [0.4, 0.5) is 14.5 Å². The van der Waals surface area contributed by atoms with Crippen LogP contribution in [0.1, 0.15) is 21.5 Å². The van der Waals surface area contributed by atoms with E-state index in [-0.39, 0.29) is 24.4 Å². The molecule has 0 heterocycles. The van der Waals surface area contributed by atoms with Crippen molar-refractivity contribution in [1.29, 1.82) is 0 Å². The highest BCUT2D eigenvalue weighted by molar-refractivity contribution is 6.06. The Kier molecular flexibility index (Phi) is 8.27. The third-order valence-corrected chi connectivity index (χ3v) is 5.04. The summed E-state index contributed by atoms with van der Waals surface area (Å²) in [5, 5.41) is 2.87. The van der Waals surface area contributed by atoms with E-state index in [1.165, 1.54) is 41.3 Å². The van der Waals surface area contributed by atoms with Gasteiger partial charge in [0.25, 0.3) is 5.91 Å². The number of likely N-dealkylation sites (N-methyl/N-ethyl adjacent to an activating group) is 1. The van der Waals surface area contributed by atoms with Gasteiger partial charge in [-0.1, -0.05) is 30.3 Å². The summed E-state index contributed by atoms with van der Waals surface area (Å²) in [5.74, 6) is -1.41. The number of nitrogens with zero attached hydrogens (tertiary/aromatic N) is 2. The normalized spacial score (nSPS) is 10.8. The van der Waals surface area contributed by atoms with Crippen molar-refractivity contribution in [3.63, 3.8) is 0 Å². The minimum atomic E-state index is -0.512. The Balaban J connectivity index is 1.79. The molecule has 33 heavy (non-hydrogen) atoms. The van der Waals surface area contributed by atoms with E-state index in [4.69, 9.17) is 0 Å². The summed E-state index contributed by atoms with van der Waals surface area (Å²) >= 11 is 0. The maximum absolute atomic E-state index is 13.7. The van der Waals surface area contributed by atoms with Gasteiger partial charge >= 0.3 is 0 Å². The molecule has 0 saturated carbocycles. The van der Waals surface area contributed by atoms with Crippen LogP contribution in [0.15, 0.2) is 72.8 Å². The van der Waals surface area contributed by atoms with E-state index in [0.29, 0.717) is 17.8 Å². The Morgan fingerprint density at radius 1 is 0.848 bits per heavy atom. The maximum Gasteiger partial charge on any atom is 0.258 e. The van der Waals surface area contributed by atoms with Gasteiger partial charge in [0.05, 0.1) is 13.0 Å². The van der Waals surface area contributed by atoms with Crippen molar-refractivity contribution in [3.8, 4) is 0 Å². The van der Waals surface area contributed by atoms with Gasteiger partial charge in [0.15, 0.2) is 0 Å². The predicted octanol–water partition coefficient (Wildman–Crippen LogP) is 4.03. The first-order valence-electron chi connectivity index (χ1n) is 10.6. The van der Waals surface area contributed by atoms with Crippen molar-refractivity contribution in [1.82, 2.24) is 10.2 Å². The van der Waals surface area contributed by atoms with Gasteiger partial charge < -0.3 is 15.1 Å². The minimum Gasteiger partial charge on any atom is -0.355 e. The zero-order chi connectivity index (χ0) is 23.8. The van der Waals surface area contributed by atoms with Crippen molar-refractivity contribution >= 4 is 17.5 Å². The molecule has 0 unspecified atom stereocenters. The van der Waals surface area contributed by atoms with Crippen molar-refractivity contribution in [3.05, 3.63) is 101 Å². The fourth-order valence-corrected chi connectivity index (χ4v) is 3.34. The number of hydrogen-bond donors (Lipinski definition) is 1. The standard InChI is InChI=1S/C26H27F2N3O2/c1-30(2)14-13-29-25(32)16-19-9-11-24(12-10-19)31(18-20-5-3-7-22(27)15-20)26(33)21-6-4-8-23(28)17-21/h3-12,15,17H,13-14,16,18H2,1-2H3,(H,29,32). The molecule has 2 amide bonds. The highest BCUT2D eigenvalue weighted by Crippen LogP contribution is 2.22. The van der Waals surface area contributed by atoms with Gasteiger partial charge in [-0.25, -0.2) is 8.78 Å². The summed E-state index contributed by atoms with van der Waals surface area (Å²) in [5.41, 5.74) is 2.15. The molecule has 0 aliphatic heterocycles. The van der Waals surface area contributed by atoms with Crippen LogP contribution < -0.4 is 10.2 Å². The van der Waals surface area contributed by atoms with Crippen LogP contribution in [0.25, 0.3) is 0 Å². The van der Waals surface area contributed by atoms with Gasteiger partial charge in [-0.15, -0.1) is 0 Å². The lowest BCUT2D eigenvalue weighted by Gasteiger charge is -2.23. The molecule has 0 radical (unpaired) electrons. The molecule has 0 aliphatic rings. The highest BCUT2D eigenvalue weighted by Gasteiger charge is 2.19. The van der Waals surface area contributed by atoms with E-state index in [0.717, 1.165) is 12.1 Å². The molecule has 0 aromatic heterocycles. The first-order chi connectivity index (χ1) is 15.8. The topological polar surface area (TPSA) is 52.7 Å². The average Bonchev–Trinajstić information content (AvgIpc) is 2.77. The molecule has 172 valence electrons. The number of carbonyl (C=O) groups is 2. The second kappa shape index (κ2) is 11.3. The number of amides is 2. The molecule has 0 spiro atoms. The number of nitrogens with one attached hydrogen (secondary N) is 1. The minimum absolute atomic E-state index is 0.0861. The molecule has 0 bridgehead atoms. The number of rotatable bonds is 9. The molecule has 3 aromatic rings. The lowest BCUT2D eigenvalue weighted by molar-refractivity contribution is -0.120. The van der Waals surface area contributed by atoms with E-state index in [2.05, 4.69) is 5.32 Å². The molecule has 5 nitrogen and oxygen atoms in total. The monoisotopic (exact) mass is 451 g/mol. The summed E-state index contributed by atoms with van der Waals surface area (Å²) in [6.07, 6.45) is 0.218. The van der Waals surface area contributed by atoms with Gasteiger partial charge in [0, 0.05) is 24.3 Å². The van der Waals surface area contributed by atoms with Gasteiger partial charge in [-0.3, -0.25) is 9.59 Å². The van der Waals surface area contributed by atoms with E-state index in [9.17, 15) is 18.4 Å². The third-order valence-electron chi connectivity index (χ3n) is 5.04. The number of halogens is 2. The van der Waals surface area contributed by atoms with Crippen molar-refractivity contribution < 1.29 is 18.4 Å². The Labute approximate surface area is 192 Å². The lowest BCUT2D eigenvalue weighted by atomic mass is 10.1. The second-order valence-corrected chi connectivity index (χ2v) is 8.03. The van der Waals surface area contributed by atoms with Gasteiger partial charge in [0.2, 0.25) is 5.91 Å². The summed E-state index contributed by atoms with van der Waals surface area (Å²) in [6, 6.07) is 18.5. The number of benzene rings is 3. The van der Waals surface area contributed by atoms with Crippen molar-refractivity contribution in [2.45, 2.75) is 13.0 Å². The van der Waals surface area contributed by atoms with Crippen LogP contribution in [0.3, 0.4) is 0 Å². The van der Waals surface area contributed by atoms with Gasteiger partial charge in [-0.2, -0.15) is 0 Å². The maximum atomic E-state index is 13.7. The van der Waals surface area contributed by atoms with Crippen LogP contribution in [-0.2, 0) is 17.8 Å². The summed E-state index contributed by atoms with van der Waals surface area (Å²) in [4.78, 5) is 28.8. The Bertz CT molecular complexity index is 1100. The highest BCUT2D eigenvalue weighted by atomic mass is 19.1. The van der Waals surface area contributed by atoms with Crippen LogP contribution >= 0.6 is 0 Å². The zero-order valence-corrected chi connectivity index (χ0v) is 18.7. The van der Waals surface area contributed by atoms with Crippen LogP contribution in [0.2, 0.25) is 0 Å². The van der Waals surface area contributed by atoms with E-state index >= 15 is 0 Å². The molecular weight excluding hydrogens is 424 g/mol. The SMILES string of the molecule is CN(C)CCNC(=O)Cc1ccc(N(Cc2cccc(F)c2)C(=O)c2cccc(F)c2)cc1. The van der Waals surface area contributed by atoms with Crippen molar-refractivity contribution in [2.24, 2.45) is 0 Å².